The monoisotopic (exact) mass is 336 g/mol. The summed E-state index contributed by atoms with van der Waals surface area (Å²) in [6.07, 6.45) is 0. The first kappa shape index (κ1) is 18.9. The first-order chi connectivity index (χ1) is 10.5. The van der Waals surface area contributed by atoms with Gasteiger partial charge in [0.25, 0.3) is 5.91 Å². The van der Waals surface area contributed by atoms with Gasteiger partial charge in [-0.15, -0.1) is 12.4 Å². The van der Waals surface area contributed by atoms with E-state index in [-0.39, 0.29) is 29.6 Å². The third-order valence-electron chi connectivity index (χ3n) is 3.38. The Hall–Kier alpha value is -2.18. The molecule has 0 radical (unpaired) electrons. The number of benzene rings is 1. The average molecular weight is 337 g/mol. The number of aromatic nitrogens is 2. The first-order valence-electron chi connectivity index (χ1n) is 7.14. The van der Waals surface area contributed by atoms with Crippen molar-refractivity contribution in [1.29, 1.82) is 0 Å². The van der Waals surface area contributed by atoms with Gasteiger partial charge in [-0.3, -0.25) is 9.59 Å². The molecule has 1 atom stereocenters. The molecule has 1 aromatic carbocycles. The van der Waals surface area contributed by atoms with Gasteiger partial charge in [-0.05, 0) is 33.0 Å². The predicted octanol–water partition coefficient (Wildman–Crippen LogP) is 1.30. The van der Waals surface area contributed by atoms with Gasteiger partial charge in [0.1, 0.15) is 0 Å². The van der Waals surface area contributed by atoms with Crippen molar-refractivity contribution in [2.75, 3.05) is 13.6 Å². The molecule has 0 aliphatic carbocycles. The summed E-state index contributed by atoms with van der Waals surface area (Å²) in [5.74, 6) is -0.461. The summed E-state index contributed by atoms with van der Waals surface area (Å²) in [7, 11) is 1.81. The van der Waals surface area contributed by atoms with Crippen molar-refractivity contribution >= 4 is 18.3 Å². The second-order valence-electron chi connectivity index (χ2n) is 5.15. The summed E-state index contributed by atoms with van der Waals surface area (Å²) < 4.78 is 1.60. The normalized spacial score (nSPS) is 11.4. The zero-order valence-electron chi connectivity index (χ0n) is 13.4. The van der Waals surface area contributed by atoms with Crippen LogP contribution in [0.25, 0.3) is 5.69 Å². The third kappa shape index (κ3) is 4.64. The molecule has 1 amide bonds. The molecule has 2 aromatic rings. The number of carbonyl (C=O) groups excluding carboxylic acids is 1. The highest BCUT2D eigenvalue weighted by molar-refractivity contribution is 5.92. The average Bonchev–Trinajstić information content (AvgIpc) is 2.53. The molecule has 1 heterocycles. The zero-order valence-corrected chi connectivity index (χ0v) is 14.2. The number of nitrogens with one attached hydrogen (secondary N) is 2. The van der Waals surface area contributed by atoms with E-state index in [0.717, 1.165) is 5.69 Å². The van der Waals surface area contributed by atoms with E-state index in [1.165, 1.54) is 6.07 Å². The van der Waals surface area contributed by atoms with Crippen LogP contribution in [0.4, 0.5) is 0 Å². The van der Waals surface area contributed by atoms with Crippen LogP contribution >= 0.6 is 12.4 Å². The maximum atomic E-state index is 12.2. The lowest BCUT2D eigenvalue weighted by Crippen LogP contribution is -2.39. The third-order valence-corrected chi connectivity index (χ3v) is 3.38. The first-order valence-corrected chi connectivity index (χ1v) is 7.14. The Balaban J connectivity index is 0.00000264. The minimum Gasteiger partial charge on any atom is -0.349 e. The van der Waals surface area contributed by atoms with Crippen LogP contribution in [0.1, 0.15) is 23.1 Å². The van der Waals surface area contributed by atoms with E-state index in [1.54, 1.807) is 11.6 Å². The van der Waals surface area contributed by atoms with Crippen LogP contribution in [0.2, 0.25) is 0 Å². The number of carbonyl (C=O) groups is 1. The number of likely N-dealkylation sites (N-methyl/N-ethyl adjacent to an activating group) is 1. The van der Waals surface area contributed by atoms with Gasteiger partial charge < -0.3 is 10.6 Å². The van der Waals surface area contributed by atoms with E-state index in [9.17, 15) is 9.59 Å². The van der Waals surface area contributed by atoms with Crippen molar-refractivity contribution < 1.29 is 4.79 Å². The molecule has 0 fully saturated rings. The number of aryl methyl sites for hydroxylation is 1. The molecule has 0 spiro atoms. The van der Waals surface area contributed by atoms with E-state index >= 15 is 0 Å². The Kier molecular flexibility index (Phi) is 6.93. The zero-order chi connectivity index (χ0) is 16.1. The van der Waals surface area contributed by atoms with Crippen molar-refractivity contribution in [2.45, 2.75) is 19.9 Å². The Morgan fingerprint density at radius 3 is 2.57 bits per heavy atom. The van der Waals surface area contributed by atoms with E-state index in [0.29, 0.717) is 12.2 Å². The lowest BCUT2D eigenvalue weighted by molar-refractivity contribution is 0.0942. The molecule has 124 valence electrons. The number of rotatable bonds is 5. The van der Waals surface area contributed by atoms with Crippen molar-refractivity contribution in [3.05, 3.63) is 58.0 Å². The van der Waals surface area contributed by atoms with E-state index in [2.05, 4.69) is 15.7 Å². The second-order valence-corrected chi connectivity index (χ2v) is 5.15. The molecule has 1 unspecified atom stereocenters. The minimum atomic E-state index is -0.461. The van der Waals surface area contributed by atoms with Crippen LogP contribution in [-0.2, 0) is 0 Å². The maximum Gasteiger partial charge on any atom is 0.275 e. The summed E-state index contributed by atoms with van der Waals surface area (Å²) in [5.41, 5.74) is 1.01. The fourth-order valence-corrected chi connectivity index (χ4v) is 1.97. The summed E-state index contributed by atoms with van der Waals surface area (Å²) in [5, 5.41) is 9.94. The second kappa shape index (κ2) is 8.45. The Labute approximate surface area is 141 Å². The largest absolute Gasteiger partial charge is 0.349 e. The van der Waals surface area contributed by atoms with Gasteiger partial charge in [0.05, 0.1) is 5.69 Å². The highest BCUT2D eigenvalue weighted by atomic mass is 35.5. The number of para-hydroxylation sites is 1. The molecular weight excluding hydrogens is 316 g/mol. The topological polar surface area (TPSA) is 76.0 Å². The lowest BCUT2D eigenvalue weighted by Gasteiger charge is -2.13. The van der Waals surface area contributed by atoms with Gasteiger partial charge in [0, 0.05) is 24.3 Å². The van der Waals surface area contributed by atoms with Gasteiger partial charge in [0.2, 0.25) is 5.43 Å². The fraction of sp³-hybridized carbons (Fsp3) is 0.312. The number of hydrogen-bond donors (Lipinski definition) is 2. The molecular formula is C16H21ClN4O2. The van der Waals surface area contributed by atoms with Gasteiger partial charge in [-0.25, -0.2) is 4.68 Å². The van der Waals surface area contributed by atoms with Crippen molar-refractivity contribution in [1.82, 2.24) is 20.4 Å². The number of hydrogen-bond acceptors (Lipinski definition) is 4. The van der Waals surface area contributed by atoms with Crippen molar-refractivity contribution in [3.63, 3.8) is 0 Å². The maximum absolute atomic E-state index is 12.2. The van der Waals surface area contributed by atoms with Crippen molar-refractivity contribution in [2.24, 2.45) is 0 Å². The molecule has 23 heavy (non-hydrogen) atoms. The molecule has 1 aromatic heterocycles. The highest BCUT2D eigenvalue weighted by Crippen LogP contribution is 2.07. The van der Waals surface area contributed by atoms with Crippen LogP contribution < -0.4 is 16.1 Å². The summed E-state index contributed by atoms with van der Waals surface area (Å²) in [4.78, 5) is 24.2. The molecule has 7 heteroatoms. The molecule has 0 bridgehead atoms. The molecule has 0 aliphatic heterocycles. The molecule has 2 rings (SSSR count). The summed E-state index contributed by atoms with van der Waals surface area (Å²) in [6, 6.07) is 10.9. The van der Waals surface area contributed by atoms with Crippen LogP contribution in [0.5, 0.6) is 0 Å². The van der Waals surface area contributed by atoms with Gasteiger partial charge in [-0.1, -0.05) is 18.2 Å². The Morgan fingerprint density at radius 2 is 1.96 bits per heavy atom. The number of nitrogens with zero attached hydrogens (tertiary/aromatic N) is 2. The minimum absolute atomic E-state index is 0. The van der Waals surface area contributed by atoms with E-state index in [1.807, 2.05) is 44.3 Å². The van der Waals surface area contributed by atoms with Crippen LogP contribution in [0, 0.1) is 6.92 Å². The van der Waals surface area contributed by atoms with E-state index < -0.39 is 5.91 Å². The summed E-state index contributed by atoms with van der Waals surface area (Å²) in [6.45, 7) is 4.15. The smallest absolute Gasteiger partial charge is 0.275 e. The Morgan fingerprint density at radius 1 is 1.30 bits per heavy atom. The Bertz CT molecular complexity index is 716. The number of amides is 1. The fourth-order valence-electron chi connectivity index (χ4n) is 1.97. The quantitative estimate of drug-likeness (QED) is 0.863. The van der Waals surface area contributed by atoms with Gasteiger partial charge in [0.15, 0.2) is 5.69 Å². The van der Waals surface area contributed by atoms with Gasteiger partial charge >= 0.3 is 0 Å². The van der Waals surface area contributed by atoms with Crippen molar-refractivity contribution in [3.8, 4) is 5.69 Å². The molecule has 0 aliphatic rings. The summed E-state index contributed by atoms with van der Waals surface area (Å²) >= 11 is 0. The van der Waals surface area contributed by atoms with Crippen LogP contribution in [-0.4, -0.2) is 35.3 Å². The highest BCUT2D eigenvalue weighted by Gasteiger charge is 2.15. The molecule has 0 saturated heterocycles. The van der Waals surface area contributed by atoms with Gasteiger partial charge in [-0.2, -0.15) is 5.10 Å². The predicted molar refractivity (Wildman–Crippen MR) is 92.7 cm³/mol. The SMILES string of the molecule is CNC(C)CNC(=O)c1nn(-c2ccccc2)c(C)cc1=O.Cl. The molecule has 2 N–H and O–H groups in total. The standard InChI is InChI=1S/C16H20N4O2.ClH/c1-11(17-3)10-18-16(22)15-14(21)9-12(2)20(19-15)13-7-5-4-6-8-13;/h4-9,11,17H,10H2,1-3H3,(H,18,22);1H. The van der Waals surface area contributed by atoms with Crippen LogP contribution in [0.15, 0.2) is 41.2 Å². The molecule has 6 nitrogen and oxygen atoms in total. The molecule has 0 saturated carbocycles. The van der Waals surface area contributed by atoms with Crippen LogP contribution in [0.3, 0.4) is 0 Å². The van der Waals surface area contributed by atoms with E-state index in [4.69, 9.17) is 0 Å². The lowest BCUT2D eigenvalue weighted by atomic mass is 10.2. The number of halogens is 1.